The largest absolute Gasteiger partial charge is 2.00 e. The Hall–Kier alpha value is 2.64. The van der Waals surface area contributed by atoms with Gasteiger partial charge in [-0.05, 0) is 0 Å². The van der Waals surface area contributed by atoms with Crippen molar-refractivity contribution >= 4 is 82.3 Å². The maximum atomic E-state index is 0. The Morgan fingerprint density at radius 3 is 1.25 bits per heavy atom. The Bertz CT molecular complexity index is 13.5. The van der Waals surface area contributed by atoms with Crippen molar-refractivity contribution in [2.75, 3.05) is 0 Å². The van der Waals surface area contributed by atoms with Gasteiger partial charge in [-0.3, -0.25) is 0 Å². The summed E-state index contributed by atoms with van der Waals surface area (Å²) in [5.74, 6) is 0. The fraction of sp³-hybridized carbons (Fsp3) is 0. The second-order valence-electron chi connectivity index (χ2n) is 0. The molecule has 0 aliphatic heterocycles. The topological polar surface area (TPSA) is 0 Å². The van der Waals surface area contributed by atoms with Crippen LogP contribution in [0.1, 0.15) is 2.85 Å². The molecule has 0 fully saturated rings. The summed E-state index contributed by atoms with van der Waals surface area (Å²) < 4.78 is 0. The summed E-state index contributed by atoms with van der Waals surface area (Å²) in [6, 6.07) is 0. The molecular formula is H8BBiCaP. The standard InChI is InChI=1S/B.Bi.Ca.H3P.5H/h;;;1H3;;;;;/q;;+2;;;;;2*-1. The maximum Gasteiger partial charge on any atom is 2.00 e. The molecule has 23 valence electrons. The Balaban J connectivity index is 0. The zero-order chi connectivity index (χ0) is 0. The third kappa shape index (κ3) is 8.82. The van der Waals surface area contributed by atoms with Crippen LogP contribution in [0.15, 0.2) is 0 Å². The molecule has 0 N–H and O–H groups in total. The molecule has 0 rings (SSSR count). The first-order valence-corrected chi connectivity index (χ1v) is 0. The molecule has 0 saturated heterocycles. The minimum absolute atomic E-state index is 0. The van der Waals surface area contributed by atoms with Gasteiger partial charge in [0, 0.05) is 8.41 Å². The average molecular weight is 299 g/mol. The zero-order valence-corrected chi connectivity index (χ0v) is 11.8. The molecule has 1 atom stereocenters. The van der Waals surface area contributed by atoms with Crippen LogP contribution in [0.2, 0.25) is 0 Å². The van der Waals surface area contributed by atoms with Gasteiger partial charge in [-0.1, -0.05) is 0 Å². The summed E-state index contributed by atoms with van der Waals surface area (Å²) in [6.45, 7) is 0. The van der Waals surface area contributed by atoms with Crippen LogP contribution in [0.5, 0.6) is 0 Å². The van der Waals surface area contributed by atoms with Gasteiger partial charge in [0.25, 0.3) is 0 Å². The first kappa shape index (κ1) is 30.3. The van der Waals surface area contributed by atoms with E-state index in [0.29, 0.717) is 0 Å². The molecule has 4 heavy (non-hydrogen) atoms. The van der Waals surface area contributed by atoms with Crippen molar-refractivity contribution in [3.63, 3.8) is 0 Å². The summed E-state index contributed by atoms with van der Waals surface area (Å²) in [6.07, 6.45) is 0. The molecule has 0 nitrogen and oxygen atoms in total. The van der Waals surface area contributed by atoms with E-state index >= 15 is 0 Å². The van der Waals surface area contributed by atoms with Gasteiger partial charge >= 0.3 is 63.9 Å². The summed E-state index contributed by atoms with van der Waals surface area (Å²) in [4.78, 5) is 0. The Labute approximate surface area is 83.8 Å². The fourth-order valence-electron chi connectivity index (χ4n) is 0. The van der Waals surface area contributed by atoms with Crippen LogP contribution in [0.3, 0.4) is 0 Å². The molecule has 0 aromatic rings. The molecule has 0 aromatic heterocycles. The molecule has 0 aromatic carbocycles. The predicted molar refractivity (Wildman–Crippen MR) is 34.8 cm³/mol. The van der Waals surface area contributed by atoms with Crippen molar-refractivity contribution in [2.45, 2.75) is 0 Å². The molecule has 0 heterocycles. The normalized spacial score (nSPS) is 0. The van der Waals surface area contributed by atoms with Gasteiger partial charge in [-0.15, -0.1) is 0 Å². The Morgan fingerprint density at radius 2 is 1.25 bits per heavy atom. The summed E-state index contributed by atoms with van der Waals surface area (Å²) in [7, 11) is 0. The van der Waals surface area contributed by atoms with Gasteiger partial charge in [0.05, 0.1) is 0 Å². The molecule has 0 saturated carbocycles. The van der Waals surface area contributed by atoms with E-state index in [1.165, 1.54) is 0 Å². The molecule has 0 amide bonds. The van der Waals surface area contributed by atoms with E-state index in [0.717, 1.165) is 0 Å². The van der Waals surface area contributed by atoms with Gasteiger partial charge in [0.15, 0.2) is 0 Å². The first-order chi connectivity index (χ1) is 0. The van der Waals surface area contributed by atoms with E-state index in [2.05, 4.69) is 0 Å². The Kier molecular flexibility index (Phi) is 132. The molecule has 0 aliphatic rings. The van der Waals surface area contributed by atoms with Crippen molar-refractivity contribution < 1.29 is 2.85 Å². The van der Waals surface area contributed by atoms with Crippen molar-refractivity contribution in [3.05, 3.63) is 0 Å². The van der Waals surface area contributed by atoms with Crippen molar-refractivity contribution in [1.29, 1.82) is 0 Å². The van der Waals surface area contributed by atoms with Crippen LogP contribution in [-0.4, -0.2) is 72.4 Å². The van der Waals surface area contributed by atoms with Gasteiger partial charge in [-0.2, -0.15) is 9.90 Å². The second-order valence-corrected chi connectivity index (χ2v) is 0. The van der Waals surface area contributed by atoms with Crippen molar-refractivity contribution in [3.8, 4) is 0 Å². The third-order valence-corrected chi connectivity index (χ3v) is 0. The van der Waals surface area contributed by atoms with Crippen LogP contribution in [0, 0.1) is 0 Å². The molecule has 0 bridgehead atoms. The SMILES string of the molecule is P.[B].[BiH3].[Ca+2].[H-].[H-]. The van der Waals surface area contributed by atoms with Gasteiger partial charge in [-0.25, -0.2) is 0 Å². The predicted octanol–water partition coefficient (Wildman–Crippen LogP) is -1.66. The monoisotopic (exact) mass is 299 g/mol. The molecular weight excluding hydrogens is 291 g/mol. The van der Waals surface area contributed by atoms with E-state index in [4.69, 9.17) is 0 Å². The molecule has 0 aliphatic carbocycles. The third-order valence-electron chi connectivity index (χ3n) is 0. The van der Waals surface area contributed by atoms with E-state index in [1.807, 2.05) is 0 Å². The summed E-state index contributed by atoms with van der Waals surface area (Å²) >= 11 is 0. The van der Waals surface area contributed by atoms with Crippen molar-refractivity contribution in [1.82, 2.24) is 0 Å². The average Bonchev–Trinajstić information content (AvgIpc) is 0. The van der Waals surface area contributed by atoms with Crippen LogP contribution in [-0.2, 0) is 0 Å². The first-order valence-electron chi connectivity index (χ1n) is 0. The molecule has 3 radical (unpaired) electrons. The van der Waals surface area contributed by atoms with E-state index in [-0.39, 0.29) is 85.1 Å². The number of hydrogen-bond acceptors (Lipinski definition) is 0. The van der Waals surface area contributed by atoms with E-state index in [1.54, 1.807) is 0 Å². The Morgan fingerprint density at radius 1 is 1.25 bits per heavy atom. The summed E-state index contributed by atoms with van der Waals surface area (Å²) in [5.41, 5.74) is 0. The van der Waals surface area contributed by atoms with Crippen molar-refractivity contribution in [2.24, 2.45) is 0 Å². The van der Waals surface area contributed by atoms with Crippen LogP contribution < -0.4 is 0 Å². The van der Waals surface area contributed by atoms with Gasteiger partial charge in [0.1, 0.15) is 0 Å². The molecule has 1 unspecified atom stereocenters. The summed E-state index contributed by atoms with van der Waals surface area (Å²) in [5, 5.41) is 0. The maximum absolute atomic E-state index is 0. The van der Waals surface area contributed by atoms with Gasteiger partial charge < -0.3 is 2.85 Å². The van der Waals surface area contributed by atoms with Gasteiger partial charge in [0.2, 0.25) is 0 Å². The van der Waals surface area contributed by atoms with Crippen LogP contribution in [0.4, 0.5) is 0 Å². The minimum atomic E-state index is 0. The minimum Gasteiger partial charge on any atom is -1.00 e. The molecule has 4 heteroatoms. The fourth-order valence-corrected chi connectivity index (χ4v) is 0. The van der Waals surface area contributed by atoms with Crippen LogP contribution >= 0.6 is 9.90 Å². The quantitative estimate of drug-likeness (QED) is 0.371. The van der Waals surface area contributed by atoms with E-state index < -0.39 is 0 Å². The molecule has 0 spiro atoms. The second kappa shape index (κ2) is 17.4. The zero-order valence-electron chi connectivity index (χ0n) is 4.70. The number of hydrogen-bond donors (Lipinski definition) is 0. The number of rotatable bonds is 0. The smallest absolute Gasteiger partial charge is 1.00 e. The van der Waals surface area contributed by atoms with E-state index in [9.17, 15) is 0 Å². The van der Waals surface area contributed by atoms with Crippen LogP contribution in [0.25, 0.3) is 0 Å².